The Balaban J connectivity index is 1.75. The van der Waals surface area contributed by atoms with Crippen LogP contribution in [-0.2, 0) is 0 Å². The van der Waals surface area contributed by atoms with Crippen molar-refractivity contribution >= 4 is 0 Å². The van der Waals surface area contributed by atoms with Crippen LogP contribution in [0.15, 0.2) is 0 Å². The molecule has 4 unspecified atom stereocenters. The maximum atomic E-state index is 3.48. The van der Waals surface area contributed by atoms with Gasteiger partial charge < -0.3 is 10.6 Å². The molecule has 2 N–H and O–H groups in total. The van der Waals surface area contributed by atoms with Crippen LogP contribution < -0.4 is 10.6 Å². The summed E-state index contributed by atoms with van der Waals surface area (Å²) >= 11 is 0. The first-order valence-electron chi connectivity index (χ1n) is 7.66. The number of rotatable bonds is 4. The van der Waals surface area contributed by atoms with Gasteiger partial charge in [0.15, 0.2) is 0 Å². The second-order valence-corrected chi connectivity index (χ2v) is 6.27. The van der Waals surface area contributed by atoms with Crippen LogP contribution in [-0.4, -0.2) is 26.2 Å². The fourth-order valence-electron chi connectivity index (χ4n) is 4.01. The van der Waals surface area contributed by atoms with Gasteiger partial charge in [-0.25, -0.2) is 0 Å². The third kappa shape index (κ3) is 3.96. The molecule has 100 valence electrons. The number of hydrogen-bond donors (Lipinski definition) is 2. The van der Waals surface area contributed by atoms with Crippen molar-refractivity contribution < 1.29 is 0 Å². The van der Waals surface area contributed by atoms with Gasteiger partial charge in [0, 0.05) is 12.1 Å². The maximum Gasteiger partial charge on any atom is 0.00667 e. The molecule has 2 aliphatic carbocycles. The predicted molar refractivity (Wildman–Crippen MR) is 74.2 cm³/mol. The monoisotopic (exact) mass is 238 g/mol. The summed E-state index contributed by atoms with van der Waals surface area (Å²) < 4.78 is 0. The fraction of sp³-hybridized carbons (Fsp3) is 1.00. The van der Waals surface area contributed by atoms with Gasteiger partial charge in [0.1, 0.15) is 0 Å². The number of nitrogens with one attached hydrogen (secondary N) is 2. The van der Waals surface area contributed by atoms with Crippen LogP contribution in [0.25, 0.3) is 0 Å². The first kappa shape index (κ1) is 13.4. The molecule has 2 aliphatic rings. The minimum atomic E-state index is 0.803. The van der Waals surface area contributed by atoms with Crippen molar-refractivity contribution in [2.24, 2.45) is 11.8 Å². The molecule has 2 heteroatoms. The summed E-state index contributed by atoms with van der Waals surface area (Å²) in [5.74, 6) is 2.00. The lowest BCUT2D eigenvalue weighted by atomic mass is 9.75. The highest BCUT2D eigenvalue weighted by molar-refractivity contribution is 4.82. The third-order valence-corrected chi connectivity index (χ3v) is 5.05. The first-order valence-corrected chi connectivity index (χ1v) is 7.66. The van der Waals surface area contributed by atoms with Gasteiger partial charge >= 0.3 is 0 Å². The van der Waals surface area contributed by atoms with Gasteiger partial charge in [0.25, 0.3) is 0 Å². The van der Waals surface area contributed by atoms with E-state index in [1.165, 1.54) is 57.8 Å². The molecule has 4 atom stereocenters. The van der Waals surface area contributed by atoms with E-state index in [1.807, 2.05) is 0 Å². The van der Waals surface area contributed by atoms with Crippen molar-refractivity contribution in [1.29, 1.82) is 0 Å². The smallest absolute Gasteiger partial charge is 0.00667 e. The Hall–Kier alpha value is -0.0800. The molecule has 0 aliphatic heterocycles. The Bertz CT molecular complexity index is 195. The van der Waals surface area contributed by atoms with E-state index >= 15 is 0 Å². The topological polar surface area (TPSA) is 24.1 Å². The van der Waals surface area contributed by atoms with E-state index in [0.29, 0.717) is 0 Å². The molecule has 2 nitrogen and oxygen atoms in total. The second-order valence-electron chi connectivity index (χ2n) is 6.27. The van der Waals surface area contributed by atoms with Crippen LogP contribution in [0.4, 0.5) is 0 Å². The summed E-state index contributed by atoms with van der Waals surface area (Å²) in [7, 11) is 4.26. The van der Waals surface area contributed by atoms with Crippen molar-refractivity contribution in [1.82, 2.24) is 10.6 Å². The largest absolute Gasteiger partial charge is 0.317 e. The van der Waals surface area contributed by atoms with E-state index in [1.54, 1.807) is 0 Å². The Morgan fingerprint density at radius 3 is 1.65 bits per heavy atom. The van der Waals surface area contributed by atoms with Crippen molar-refractivity contribution in [2.45, 2.75) is 69.9 Å². The summed E-state index contributed by atoms with van der Waals surface area (Å²) in [5, 5.41) is 6.96. The average Bonchev–Trinajstić information content (AvgIpc) is 2.39. The fourth-order valence-corrected chi connectivity index (χ4v) is 4.01. The summed E-state index contributed by atoms with van der Waals surface area (Å²) in [6.45, 7) is 0. The van der Waals surface area contributed by atoms with E-state index < -0.39 is 0 Å². The van der Waals surface area contributed by atoms with Gasteiger partial charge in [-0.3, -0.25) is 0 Å². The molecule has 17 heavy (non-hydrogen) atoms. The molecule has 2 saturated carbocycles. The molecular formula is C15H30N2. The van der Waals surface area contributed by atoms with Gasteiger partial charge in [-0.1, -0.05) is 25.7 Å². The van der Waals surface area contributed by atoms with E-state index in [-0.39, 0.29) is 0 Å². The van der Waals surface area contributed by atoms with Crippen LogP contribution in [0.3, 0.4) is 0 Å². The summed E-state index contributed by atoms with van der Waals surface area (Å²) in [6.07, 6.45) is 13.0. The minimum absolute atomic E-state index is 0.803. The zero-order chi connectivity index (χ0) is 12.1. The number of hydrogen-bond acceptors (Lipinski definition) is 2. The Morgan fingerprint density at radius 2 is 1.24 bits per heavy atom. The van der Waals surface area contributed by atoms with E-state index in [4.69, 9.17) is 0 Å². The van der Waals surface area contributed by atoms with Crippen molar-refractivity contribution in [2.75, 3.05) is 14.1 Å². The molecule has 0 aromatic heterocycles. The minimum Gasteiger partial charge on any atom is -0.317 e. The Morgan fingerprint density at radius 1 is 0.765 bits per heavy atom. The molecule has 0 heterocycles. The lowest BCUT2D eigenvalue weighted by molar-refractivity contribution is 0.204. The zero-order valence-corrected chi connectivity index (χ0v) is 11.7. The molecule has 2 rings (SSSR count). The van der Waals surface area contributed by atoms with Gasteiger partial charge in [0.2, 0.25) is 0 Å². The van der Waals surface area contributed by atoms with Crippen LogP contribution in [0.1, 0.15) is 57.8 Å². The Labute approximate surface area is 107 Å². The van der Waals surface area contributed by atoms with Crippen LogP contribution in [0.2, 0.25) is 0 Å². The average molecular weight is 238 g/mol. The SMILES string of the molecule is CNC1CCCC(CC2CCCC(NC)C2)C1. The van der Waals surface area contributed by atoms with Crippen LogP contribution in [0, 0.1) is 11.8 Å². The first-order chi connectivity index (χ1) is 8.31. The molecule has 0 saturated heterocycles. The van der Waals surface area contributed by atoms with Crippen molar-refractivity contribution in [3.8, 4) is 0 Å². The lowest BCUT2D eigenvalue weighted by Crippen LogP contribution is -2.34. The molecule has 0 amide bonds. The predicted octanol–water partition coefficient (Wildman–Crippen LogP) is 2.93. The third-order valence-electron chi connectivity index (χ3n) is 5.05. The standard InChI is InChI=1S/C15H30N2/c1-16-14-7-3-5-12(10-14)9-13-6-4-8-15(11-13)17-2/h12-17H,3-11H2,1-2H3. The molecule has 2 fully saturated rings. The maximum absolute atomic E-state index is 3.48. The highest BCUT2D eigenvalue weighted by atomic mass is 14.9. The van der Waals surface area contributed by atoms with E-state index in [0.717, 1.165) is 23.9 Å². The molecule has 0 bridgehead atoms. The van der Waals surface area contributed by atoms with E-state index in [2.05, 4.69) is 24.7 Å². The van der Waals surface area contributed by atoms with Gasteiger partial charge in [-0.2, -0.15) is 0 Å². The van der Waals surface area contributed by atoms with Crippen molar-refractivity contribution in [3.63, 3.8) is 0 Å². The molecular weight excluding hydrogens is 208 g/mol. The summed E-state index contributed by atoms with van der Waals surface area (Å²) in [4.78, 5) is 0. The van der Waals surface area contributed by atoms with Gasteiger partial charge in [0.05, 0.1) is 0 Å². The second kappa shape index (κ2) is 6.75. The lowest BCUT2D eigenvalue weighted by Gasteiger charge is -2.35. The molecule has 0 aromatic rings. The van der Waals surface area contributed by atoms with Gasteiger partial charge in [-0.05, 0) is 58.0 Å². The highest BCUT2D eigenvalue weighted by Crippen LogP contribution is 2.35. The van der Waals surface area contributed by atoms with Gasteiger partial charge in [-0.15, -0.1) is 0 Å². The van der Waals surface area contributed by atoms with Crippen LogP contribution >= 0.6 is 0 Å². The zero-order valence-electron chi connectivity index (χ0n) is 11.7. The van der Waals surface area contributed by atoms with E-state index in [9.17, 15) is 0 Å². The summed E-state index contributed by atoms with van der Waals surface area (Å²) in [6, 6.07) is 1.61. The summed E-state index contributed by atoms with van der Waals surface area (Å²) in [5.41, 5.74) is 0. The molecule has 0 aromatic carbocycles. The highest BCUT2D eigenvalue weighted by Gasteiger charge is 2.26. The van der Waals surface area contributed by atoms with Crippen LogP contribution in [0.5, 0.6) is 0 Å². The normalized spacial score (nSPS) is 39.2. The quantitative estimate of drug-likeness (QED) is 0.787. The molecule has 0 spiro atoms. The Kier molecular flexibility index (Phi) is 5.30. The molecule has 0 radical (unpaired) electrons. The van der Waals surface area contributed by atoms with Crippen molar-refractivity contribution in [3.05, 3.63) is 0 Å².